The van der Waals surface area contributed by atoms with Crippen molar-refractivity contribution < 1.29 is 4.79 Å². The number of halogens is 1. The van der Waals surface area contributed by atoms with Gasteiger partial charge in [0.1, 0.15) is 5.15 Å². The smallest absolute Gasteiger partial charge is 0.251 e. The number of amides is 1. The minimum atomic E-state index is -0.0649. The van der Waals surface area contributed by atoms with Gasteiger partial charge in [-0.25, -0.2) is 4.98 Å². The Labute approximate surface area is 129 Å². The van der Waals surface area contributed by atoms with Crippen molar-refractivity contribution in [3.05, 3.63) is 28.5 Å². The van der Waals surface area contributed by atoms with Crippen LogP contribution in [0.1, 0.15) is 55.6 Å². The molecule has 0 aliphatic carbocycles. The SMILES string of the molecule is CC(C)c1cc(C(=O)NCC2(C)CCCS2)cc(Cl)n1. The summed E-state index contributed by atoms with van der Waals surface area (Å²) >= 11 is 7.94. The average molecular weight is 313 g/mol. The van der Waals surface area contributed by atoms with Crippen LogP contribution in [0.25, 0.3) is 0 Å². The van der Waals surface area contributed by atoms with Gasteiger partial charge in [0.05, 0.1) is 0 Å². The van der Waals surface area contributed by atoms with E-state index in [1.165, 1.54) is 12.2 Å². The number of carbonyl (C=O) groups excluding carboxylic acids is 1. The van der Waals surface area contributed by atoms with Gasteiger partial charge >= 0.3 is 0 Å². The van der Waals surface area contributed by atoms with Crippen LogP contribution in [0.3, 0.4) is 0 Å². The molecule has 0 spiro atoms. The van der Waals surface area contributed by atoms with Crippen LogP contribution in [0.4, 0.5) is 0 Å². The molecule has 1 atom stereocenters. The van der Waals surface area contributed by atoms with Crippen molar-refractivity contribution in [3.63, 3.8) is 0 Å². The highest BCUT2D eigenvalue weighted by atomic mass is 35.5. The van der Waals surface area contributed by atoms with Gasteiger partial charge in [0.2, 0.25) is 0 Å². The first-order valence-corrected chi connectivity index (χ1v) is 8.36. The van der Waals surface area contributed by atoms with Crippen molar-refractivity contribution in [1.82, 2.24) is 10.3 Å². The van der Waals surface area contributed by atoms with Crippen LogP contribution in [0.2, 0.25) is 5.15 Å². The fourth-order valence-electron chi connectivity index (χ4n) is 2.29. The van der Waals surface area contributed by atoms with Crippen LogP contribution in [0, 0.1) is 0 Å². The lowest BCUT2D eigenvalue weighted by molar-refractivity contribution is 0.0949. The van der Waals surface area contributed by atoms with E-state index < -0.39 is 0 Å². The van der Waals surface area contributed by atoms with Crippen LogP contribution < -0.4 is 5.32 Å². The van der Waals surface area contributed by atoms with E-state index >= 15 is 0 Å². The second-order valence-electron chi connectivity index (χ2n) is 5.84. The molecule has 1 N–H and O–H groups in total. The first-order valence-electron chi connectivity index (χ1n) is 6.99. The number of carbonyl (C=O) groups is 1. The standard InChI is InChI=1S/C15H21ClN2OS/c1-10(2)12-7-11(8-13(16)18-12)14(19)17-9-15(3)5-4-6-20-15/h7-8,10H,4-6,9H2,1-3H3,(H,17,19). The molecule has 0 aromatic carbocycles. The average Bonchev–Trinajstić information content (AvgIpc) is 2.82. The molecule has 0 saturated carbocycles. The highest BCUT2D eigenvalue weighted by molar-refractivity contribution is 8.00. The van der Waals surface area contributed by atoms with Crippen LogP contribution >= 0.6 is 23.4 Å². The summed E-state index contributed by atoms with van der Waals surface area (Å²) in [5, 5.41) is 3.41. The molecule has 2 rings (SSSR count). The van der Waals surface area contributed by atoms with E-state index in [1.807, 2.05) is 31.7 Å². The van der Waals surface area contributed by atoms with Crippen molar-refractivity contribution in [2.75, 3.05) is 12.3 Å². The molecule has 5 heteroatoms. The monoisotopic (exact) mass is 312 g/mol. The summed E-state index contributed by atoms with van der Waals surface area (Å²) in [5.41, 5.74) is 1.45. The molecule has 1 saturated heterocycles. The maximum Gasteiger partial charge on any atom is 0.251 e. The number of thioether (sulfide) groups is 1. The third kappa shape index (κ3) is 3.89. The van der Waals surface area contributed by atoms with E-state index in [0.717, 1.165) is 12.1 Å². The zero-order valence-corrected chi connectivity index (χ0v) is 13.8. The summed E-state index contributed by atoms with van der Waals surface area (Å²) in [6, 6.07) is 3.46. The van der Waals surface area contributed by atoms with E-state index in [1.54, 1.807) is 6.07 Å². The third-order valence-electron chi connectivity index (χ3n) is 3.59. The Morgan fingerprint density at radius 3 is 2.90 bits per heavy atom. The van der Waals surface area contributed by atoms with Crippen LogP contribution in [0.15, 0.2) is 12.1 Å². The number of rotatable bonds is 4. The molecular formula is C15H21ClN2OS. The van der Waals surface area contributed by atoms with E-state index in [0.29, 0.717) is 17.3 Å². The molecule has 0 radical (unpaired) electrons. The summed E-state index contributed by atoms with van der Waals surface area (Å²) in [6.07, 6.45) is 2.39. The summed E-state index contributed by atoms with van der Waals surface area (Å²) in [6.45, 7) is 6.99. The maximum absolute atomic E-state index is 12.3. The minimum Gasteiger partial charge on any atom is -0.351 e. The second kappa shape index (κ2) is 6.35. The number of nitrogens with one attached hydrogen (secondary N) is 1. The number of hydrogen-bond donors (Lipinski definition) is 1. The molecule has 1 fully saturated rings. The van der Waals surface area contributed by atoms with Crippen molar-refractivity contribution in [2.45, 2.75) is 44.3 Å². The predicted octanol–water partition coefficient (Wildman–Crippen LogP) is 3.87. The number of nitrogens with zero attached hydrogens (tertiary/aromatic N) is 1. The lowest BCUT2D eigenvalue weighted by Crippen LogP contribution is -2.36. The summed E-state index contributed by atoms with van der Waals surface area (Å²) in [7, 11) is 0. The summed E-state index contributed by atoms with van der Waals surface area (Å²) in [5.74, 6) is 1.37. The molecule has 1 aromatic heterocycles. The number of aromatic nitrogens is 1. The van der Waals surface area contributed by atoms with Crippen LogP contribution in [-0.4, -0.2) is 27.9 Å². The Balaban J connectivity index is 2.05. The van der Waals surface area contributed by atoms with Crippen LogP contribution in [0.5, 0.6) is 0 Å². The van der Waals surface area contributed by atoms with Crippen molar-refractivity contribution in [1.29, 1.82) is 0 Å². The van der Waals surface area contributed by atoms with Gasteiger partial charge in [-0.15, -0.1) is 0 Å². The van der Waals surface area contributed by atoms with Crippen LogP contribution in [-0.2, 0) is 0 Å². The van der Waals surface area contributed by atoms with Crippen molar-refractivity contribution in [3.8, 4) is 0 Å². The molecule has 3 nitrogen and oxygen atoms in total. The first kappa shape index (κ1) is 15.6. The van der Waals surface area contributed by atoms with Gasteiger partial charge in [0.15, 0.2) is 0 Å². The Morgan fingerprint density at radius 2 is 2.30 bits per heavy atom. The van der Waals surface area contributed by atoms with E-state index in [-0.39, 0.29) is 16.6 Å². The quantitative estimate of drug-likeness (QED) is 0.858. The number of pyridine rings is 1. The fraction of sp³-hybridized carbons (Fsp3) is 0.600. The molecule has 1 unspecified atom stereocenters. The lowest BCUT2D eigenvalue weighted by Gasteiger charge is -2.23. The molecule has 1 aliphatic heterocycles. The molecule has 1 amide bonds. The third-order valence-corrected chi connectivity index (χ3v) is 5.32. The van der Waals surface area contributed by atoms with Crippen molar-refractivity contribution >= 4 is 29.3 Å². The Kier molecular flexibility index (Phi) is 4.97. The largest absolute Gasteiger partial charge is 0.351 e. The normalized spacial score (nSPS) is 22.2. The van der Waals surface area contributed by atoms with Gasteiger partial charge < -0.3 is 5.32 Å². The highest BCUT2D eigenvalue weighted by Gasteiger charge is 2.29. The molecule has 110 valence electrons. The van der Waals surface area contributed by atoms with Gasteiger partial charge in [0, 0.05) is 22.5 Å². The minimum absolute atomic E-state index is 0.0649. The van der Waals surface area contributed by atoms with Gasteiger partial charge in [0.25, 0.3) is 5.91 Å². The molecule has 2 heterocycles. The van der Waals surface area contributed by atoms with E-state index in [4.69, 9.17) is 11.6 Å². The lowest BCUT2D eigenvalue weighted by atomic mass is 10.0. The fourth-order valence-corrected chi connectivity index (χ4v) is 3.75. The zero-order chi connectivity index (χ0) is 14.8. The second-order valence-corrected chi connectivity index (χ2v) is 7.91. The topological polar surface area (TPSA) is 42.0 Å². The van der Waals surface area contributed by atoms with Gasteiger partial charge in [-0.1, -0.05) is 25.4 Å². The highest BCUT2D eigenvalue weighted by Crippen LogP contribution is 2.37. The Bertz CT molecular complexity index is 499. The summed E-state index contributed by atoms with van der Waals surface area (Å²) in [4.78, 5) is 16.5. The number of hydrogen-bond acceptors (Lipinski definition) is 3. The predicted molar refractivity (Wildman–Crippen MR) is 85.8 cm³/mol. The van der Waals surface area contributed by atoms with Gasteiger partial charge in [-0.2, -0.15) is 11.8 Å². The molecule has 20 heavy (non-hydrogen) atoms. The molecular weight excluding hydrogens is 292 g/mol. The van der Waals surface area contributed by atoms with E-state index in [9.17, 15) is 4.79 Å². The van der Waals surface area contributed by atoms with Crippen molar-refractivity contribution in [2.24, 2.45) is 0 Å². The maximum atomic E-state index is 12.3. The zero-order valence-electron chi connectivity index (χ0n) is 12.2. The first-order chi connectivity index (χ1) is 9.39. The molecule has 0 bridgehead atoms. The Morgan fingerprint density at radius 1 is 1.55 bits per heavy atom. The summed E-state index contributed by atoms with van der Waals surface area (Å²) < 4.78 is 0.174. The Hall–Kier alpha value is -0.740. The van der Waals surface area contributed by atoms with E-state index in [2.05, 4.69) is 17.2 Å². The molecule has 1 aromatic rings. The molecule has 1 aliphatic rings. The van der Waals surface area contributed by atoms with Gasteiger partial charge in [-0.05, 0) is 43.6 Å². The van der Waals surface area contributed by atoms with Gasteiger partial charge in [-0.3, -0.25) is 4.79 Å².